The topological polar surface area (TPSA) is 29.5 Å². The maximum Gasteiger partial charge on any atom is 0.233 e. The molecule has 0 aliphatic carbocycles. The zero-order chi connectivity index (χ0) is 14.2. The molecule has 1 heterocycles. The van der Waals surface area contributed by atoms with E-state index in [1.807, 2.05) is 18.2 Å². The van der Waals surface area contributed by atoms with Crippen molar-refractivity contribution in [1.29, 1.82) is 0 Å². The molecule has 1 aromatic rings. The fourth-order valence-corrected chi connectivity index (χ4v) is 3.43. The smallest absolute Gasteiger partial charge is 0.233 e. The van der Waals surface area contributed by atoms with Gasteiger partial charge in [-0.1, -0.05) is 18.2 Å². The van der Waals surface area contributed by atoms with Gasteiger partial charge in [-0.2, -0.15) is 0 Å². The molecular formula is C16H23NO2S. The predicted octanol–water partition coefficient (Wildman–Crippen LogP) is 3.20. The summed E-state index contributed by atoms with van der Waals surface area (Å²) in [5.41, 5.74) is 0. The zero-order valence-corrected chi connectivity index (χ0v) is 12.9. The highest BCUT2D eigenvalue weighted by atomic mass is 32.2. The molecule has 1 fully saturated rings. The van der Waals surface area contributed by atoms with Gasteiger partial charge in [-0.3, -0.25) is 4.79 Å². The number of thioether (sulfide) groups is 1. The van der Waals surface area contributed by atoms with E-state index >= 15 is 0 Å². The van der Waals surface area contributed by atoms with Crippen molar-refractivity contribution in [3.63, 3.8) is 0 Å². The molecule has 0 radical (unpaired) electrons. The van der Waals surface area contributed by atoms with Gasteiger partial charge in [0.1, 0.15) is 0 Å². The Morgan fingerprint density at radius 3 is 2.90 bits per heavy atom. The number of hydrogen-bond acceptors (Lipinski definition) is 3. The lowest BCUT2D eigenvalue weighted by atomic mass is 10.00. The minimum absolute atomic E-state index is 0.264. The van der Waals surface area contributed by atoms with E-state index in [0.29, 0.717) is 11.8 Å². The van der Waals surface area contributed by atoms with Gasteiger partial charge in [-0.15, -0.1) is 11.8 Å². The Morgan fingerprint density at radius 1 is 1.35 bits per heavy atom. The number of carbonyl (C=O) groups excluding carboxylic acids is 1. The SMILES string of the molecule is COCC[C@@H]1CCCCN1C(=O)CSc1ccccc1. The van der Waals surface area contributed by atoms with E-state index in [9.17, 15) is 4.79 Å². The van der Waals surface area contributed by atoms with Crippen LogP contribution in [0.3, 0.4) is 0 Å². The summed E-state index contributed by atoms with van der Waals surface area (Å²) in [4.78, 5) is 15.6. The monoisotopic (exact) mass is 293 g/mol. The van der Waals surface area contributed by atoms with Crippen LogP contribution in [0.15, 0.2) is 35.2 Å². The first-order valence-corrected chi connectivity index (χ1v) is 8.26. The number of carbonyl (C=O) groups is 1. The van der Waals surface area contributed by atoms with Crippen LogP contribution in [0.5, 0.6) is 0 Å². The third-order valence-corrected chi connectivity index (χ3v) is 4.70. The lowest BCUT2D eigenvalue weighted by molar-refractivity contribution is -0.132. The molecule has 1 saturated heterocycles. The molecule has 0 bridgehead atoms. The Hall–Kier alpha value is -1.00. The quantitative estimate of drug-likeness (QED) is 0.754. The van der Waals surface area contributed by atoms with E-state index in [1.54, 1.807) is 18.9 Å². The molecule has 0 spiro atoms. The van der Waals surface area contributed by atoms with Crippen molar-refractivity contribution in [2.24, 2.45) is 0 Å². The fraction of sp³-hybridized carbons (Fsp3) is 0.562. The van der Waals surface area contributed by atoms with E-state index < -0.39 is 0 Å². The van der Waals surface area contributed by atoms with Gasteiger partial charge in [0.05, 0.1) is 5.75 Å². The van der Waals surface area contributed by atoms with Crippen LogP contribution in [0.2, 0.25) is 0 Å². The van der Waals surface area contributed by atoms with Gasteiger partial charge < -0.3 is 9.64 Å². The van der Waals surface area contributed by atoms with Crippen LogP contribution in [0.4, 0.5) is 0 Å². The predicted molar refractivity (Wildman–Crippen MR) is 83.0 cm³/mol. The van der Waals surface area contributed by atoms with Gasteiger partial charge in [0, 0.05) is 31.2 Å². The molecule has 2 rings (SSSR count). The molecule has 4 heteroatoms. The average molecular weight is 293 g/mol. The molecule has 1 aliphatic rings. The van der Waals surface area contributed by atoms with Crippen LogP contribution < -0.4 is 0 Å². The van der Waals surface area contributed by atoms with Gasteiger partial charge in [0.25, 0.3) is 0 Å². The van der Waals surface area contributed by atoms with Gasteiger partial charge in [0.15, 0.2) is 0 Å². The number of ether oxygens (including phenoxy) is 1. The number of hydrogen-bond donors (Lipinski definition) is 0. The molecule has 1 amide bonds. The third-order valence-electron chi connectivity index (χ3n) is 3.71. The average Bonchev–Trinajstić information content (AvgIpc) is 2.52. The van der Waals surface area contributed by atoms with Gasteiger partial charge in [0.2, 0.25) is 5.91 Å². The maximum atomic E-state index is 12.4. The summed E-state index contributed by atoms with van der Waals surface area (Å²) in [5, 5.41) is 0. The van der Waals surface area contributed by atoms with Crippen molar-refractivity contribution in [2.75, 3.05) is 26.0 Å². The van der Waals surface area contributed by atoms with Crippen molar-refractivity contribution in [1.82, 2.24) is 4.90 Å². The molecule has 110 valence electrons. The van der Waals surface area contributed by atoms with Crippen molar-refractivity contribution >= 4 is 17.7 Å². The number of methoxy groups -OCH3 is 1. The highest BCUT2D eigenvalue weighted by molar-refractivity contribution is 8.00. The molecule has 1 aromatic carbocycles. The Morgan fingerprint density at radius 2 is 2.15 bits per heavy atom. The summed E-state index contributed by atoms with van der Waals surface area (Å²) in [6.45, 7) is 1.64. The second-order valence-electron chi connectivity index (χ2n) is 5.12. The van der Waals surface area contributed by atoms with E-state index in [1.165, 1.54) is 6.42 Å². The van der Waals surface area contributed by atoms with Gasteiger partial charge >= 0.3 is 0 Å². The van der Waals surface area contributed by atoms with E-state index in [4.69, 9.17) is 4.74 Å². The Balaban J connectivity index is 1.85. The van der Waals surface area contributed by atoms with E-state index in [2.05, 4.69) is 17.0 Å². The van der Waals surface area contributed by atoms with Crippen molar-refractivity contribution in [3.05, 3.63) is 30.3 Å². The van der Waals surface area contributed by atoms with Crippen molar-refractivity contribution in [2.45, 2.75) is 36.6 Å². The Bertz CT molecular complexity index is 410. The van der Waals surface area contributed by atoms with Crippen molar-refractivity contribution < 1.29 is 9.53 Å². The lowest BCUT2D eigenvalue weighted by Crippen LogP contribution is -2.45. The van der Waals surface area contributed by atoms with Gasteiger partial charge in [-0.25, -0.2) is 0 Å². The second-order valence-corrected chi connectivity index (χ2v) is 6.17. The number of benzene rings is 1. The number of nitrogens with zero attached hydrogens (tertiary/aromatic N) is 1. The first-order valence-electron chi connectivity index (χ1n) is 7.27. The Kier molecular flexibility index (Phi) is 6.40. The Labute approximate surface area is 125 Å². The number of amides is 1. The molecule has 3 nitrogen and oxygen atoms in total. The highest BCUT2D eigenvalue weighted by Crippen LogP contribution is 2.23. The van der Waals surface area contributed by atoms with E-state index in [0.717, 1.165) is 37.3 Å². The fourth-order valence-electron chi connectivity index (χ4n) is 2.63. The minimum Gasteiger partial charge on any atom is -0.385 e. The zero-order valence-electron chi connectivity index (χ0n) is 12.1. The maximum absolute atomic E-state index is 12.4. The molecule has 1 aliphatic heterocycles. The number of piperidine rings is 1. The molecule has 0 aromatic heterocycles. The van der Waals surface area contributed by atoms with E-state index in [-0.39, 0.29) is 5.91 Å². The molecule has 0 N–H and O–H groups in total. The second kappa shape index (κ2) is 8.32. The van der Waals surface area contributed by atoms with Gasteiger partial charge in [-0.05, 0) is 37.8 Å². The summed E-state index contributed by atoms with van der Waals surface area (Å²) in [6.07, 6.45) is 4.43. The third kappa shape index (κ3) is 4.53. The largest absolute Gasteiger partial charge is 0.385 e. The van der Waals surface area contributed by atoms with Crippen LogP contribution in [-0.4, -0.2) is 42.9 Å². The summed E-state index contributed by atoms with van der Waals surface area (Å²) >= 11 is 1.63. The first kappa shape index (κ1) is 15.4. The van der Waals surface area contributed by atoms with Crippen LogP contribution in [0.1, 0.15) is 25.7 Å². The first-order chi connectivity index (χ1) is 9.81. The van der Waals surface area contributed by atoms with Crippen LogP contribution >= 0.6 is 11.8 Å². The highest BCUT2D eigenvalue weighted by Gasteiger charge is 2.26. The molecule has 0 saturated carbocycles. The summed E-state index contributed by atoms with van der Waals surface area (Å²) in [7, 11) is 1.72. The van der Waals surface area contributed by atoms with Crippen LogP contribution in [-0.2, 0) is 9.53 Å². The summed E-state index contributed by atoms with van der Waals surface area (Å²) in [6, 6.07) is 10.5. The number of likely N-dealkylation sites (tertiary alicyclic amines) is 1. The number of rotatable bonds is 6. The summed E-state index contributed by atoms with van der Waals surface area (Å²) < 4.78 is 5.16. The lowest BCUT2D eigenvalue weighted by Gasteiger charge is -2.35. The molecule has 1 atom stereocenters. The molecular weight excluding hydrogens is 270 g/mol. The molecule has 0 unspecified atom stereocenters. The summed E-state index contributed by atoms with van der Waals surface area (Å²) in [5.74, 6) is 0.799. The van der Waals surface area contributed by atoms with Crippen LogP contribution in [0, 0.1) is 0 Å². The molecule has 20 heavy (non-hydrogen) atoms. The minimum atomic E-state index is 0.264. The normalized spacial score (nSPS) is 19.1. The van der Waals surface area contributed by atoms with Crippen LogP contribution in [0.25, 0.3) is 0 Å². The van der Waals surface area contributed by atoms with Crippen molar-refractivity contribution in [3.8, 4) is 0 Å². The standard InChI is InChI=1S/C16H23NO2S/c1-19-12-10-14-7-5-6-11-17(14)16(18)13-20-15-8-3-2-4-9-15/h2-4,8-9,14H,5-7,10-13H2,1H3/t14-/m0/s1.